The predicted molar refractivity (Wildman–Crippen MR) is 92.2 cm³/mol. The van der Waals surface area contributed by atoms with Gasteiger partial charge in [-0.1, -0.05) is 6.07 Å². The largest absolute Gasteiger partial charge is 0.353 e. The fourth-order valence-corrected chi connectivity index (χ4v) is 3.68. The molecule has 0 spiro atoms. The topological polar surface area (TPSA) is 49.6 Å². The molecule has 3 aromatic heterocycles. The minimum absolute atomic E-state index is 0.806. The first-order valence-corrected chi connectivity index (χ1v) is 8.86. The normalized spacial score (nSPS) is 16.3. The highest BCUT2D eigenvalue weighted by atomic mass is 32.1. The van der Waals surface area contributed by atoms with Crippen molar-refractivity contribution in [1.82, 2.24) is 24.7 Å². The number of thiophene rings is 1. The summed E-state index contributed by atoms with van der Waals surface area (Å²) in [5.41, 5.74) is 0.806. The summed E-state index contributed by atoms with van der Waals surface area (Å²) in [4.78, 5) is 6.36. The first-order chi connectivity index (χ1) is 11.3. The molecule has 1 fully saturated rings. The summed E-state index contributed by atoms with van der Waals surface area (Å²) in [5, 5.41) is 15.0. The fraction of sp³-hybridized carbons (Fsp3) is 0.438. The van der Waals surface area contributed by atoms with Crippen molar-refractivity contribution in [1.29, 1.82) is 0 Å². The zero-order chi connectivity index (χ0) is 15.6. The van der Waals surface area contributed by atoms with Crippen LogP contribution < -0.4 is 4.90 Å². The molecule has 0 radical (unpaired) electrons. The molecule has 0 unspecified atom stereocenters. The van der Waals surface area contributed by atoms with E-state index in [1.54, 1.807) is 0 Å². The standard InChI is InChI=1S/C16H20N6S/c1-13-17-18-15-4-5-16(19-22(13)15)21-10-8-20(9-11-21)7-6-14-3-2-12-23-14/h2-5,12H,6-11H2,1H3. The van der Waals surface area contributed by atoms with Crippen LogP contribution >= 0.6 is 11.3 Å². The van der Waals surface area contributed by atoms with Crippen LogP contribution in [0.4, 0.5) is 5.82 Å². The molecular weight excluding hydrogens is 308 g/mol. The highest BCUT2D eigenvalue weighted by Crippen LogP contribution is 2.16. The Kier molecular flexibility index (Phi) is 3.97. The Morgan fingerprint density at radius 3 is 2.74 bits per heavy atom. The lowest BCUT2D eigenvalue weighted by Crippen LogP contribution is -2.47. The average Bonchev–Trinajstić information content (AvgIpc) is 3.23. The van der Waals surface area contributed by atoms with Crippen LogP contribution in [0.5, 0.6) is 0 Å². The molecule has 4 rings (SSSR count). The summed E-state index contributed by atoms with van der Waals surface area (Å²) in [7, 11) is 0. The molecule has 0 atom stereocenters. The van der Waals surface area contributed by atoms with E-state index in [1.165, 1.54) is 4.88 Å². The van der Waals surface area contributed by atoms with Gasteiger partial charge < -0.3 is 4.90 Å². The molecule has 6 nitrogen and oxygen atoms in total. The van der Waals surface area contributed by atoms with Gasteiger partial charge >= 0.3 is 0 Å². The maximum absolute atomic E-state index is 4.67. The minimum Gasteiger partial charge on any atom is -0.353 e. The van der Waals surface area contributed by atoms with Crippen molar-refractivity contribution in [3.8, 4) is 0 Å². The number of fused-ring (bicyclic) bond motifs is 1. The van der Waals surface area contributed by atoms with Crippen LogP contribution in [0.25, 0.3) is 5.65 Å². The Balaban J connectivity index is 1.37. The van der Waals surface area contributed by atoms with Crippen LogP contribution in [0.15, 0.2) is 29.6 Å². The Morgan fingerprint density at radius 2 is 1.96 bits per heavy atom. The number of aromatic nitrogens is 4. The monoisotopic (exact) mass is 328 g/mol. The van der Waals surface area contributed by atoms with Gasteiger partial charge in [0.25, 0.3) is 0 Å². The summed E-state index contributed by atoms with van der Waals surface area (Å²) < 4.78 is 1.82. The number of anilines is 1. The van der Waals surface area contributed by atoms with E-state index in [0.717, 1.165) is 56.4 Å². The lowest BCUT2D eigenvalue weighted by molar-refractivity contribution is 0.260. The van der Waals surface area contributed by atoms with E-state index in [0.29, 0.717) is 0 Å². The van der Waals surface area contributed by atoms with Crippen molar-refractivity contribution in [2.45, 2.75) is 13.3 Å². The van der Waals surface area contributed by atoms with Crippen molar-refractivity contribution >= 4 is 22.8 Å². The molecule has 1 aliphatic rings. The van der Waals surface area contributed by atoms with Crippen LogP contribution in [0.2, 0.25) is 0 Å². The van der Waals surface area contributed by atoms with E-state index in [1.807, 2.05) is 34.9 Å². The molecular formula is C16H20N6S. The van der Waals surface area contributed by atoms with Crippen molar-refractivity contribution in [2.24, 2.45) is 0 Å². The molecule has 4 heterocycles. The van der Waals surface area contributed by atoms with Gasteiger partial charge in [-0.3, -0.25) is 4.90 Å². The van der Waals surface area contributed by atoms with Gasteiger partial charge in [0.05, 0.1) is 0 Å². The van der Waals surface area contributed by atoms with Gasteiger partial charge in [-0.2, -0.15) is 4.52 Å². The smallest absolute Gasteiger partial charge is 0.178 e. The van der Waals surface area contributed by atoms with Crippen molar-refractivity contribution in [3.63, 3.8) is 0 Å². The summed E-state index contributed by atoms with van der Waals surface area (Å²) >= 11 is 1.85. The average molecular weight is 328 g/mol. The SMILES string of the molecule is Cc1nnc2ccc(N3CCN(CCc4cccs4)CC3)nn12. The minimum atomic E-state index is 0.806. The Bertz CT molecular complexity index is 773. The lowest BCUT2D eigenvalue weighted by atomic mass is 10.2. The second-order valence-electron chi connectivity index (χ2n) is 5.87. The molecule has 0 saturated carbocycles. The van der Waals surface area contributed by atoms with Gasteiger partial charge in [0.1, 0.15) is 5.82 Å². The number of aryl methyl sites for hydroxylation is 1. The molecule has 0 bridgehead atoms. The molecule has 1 saturated heterocycles. The molecule has 1 aliphatic heterocycles. The van der Waals surface area contributed by atoms with Gasteiger partial charge in [0, 0.05) is 37.6 Å². The van der Waals surface area contributed by atoms with Gasteiger partial charge in [0.2, 0.25) is 0 Å². The third-order valence-electron chi connectivity index (χ3n) is 4.36. The Morgan fingerprint density at radius 1 is 1.09 bits per heavy atom. The first-order valence-electron chi connectivity index (χ1n) is 7.98. The molecule has 0 amide bonds. The van der Waals surface area contributed by atoms with Crippen molar-refractivity contribution in [2.75, 3.05) is 37.6 Å². The van der Waals surface area contributed by atoms with Gasteiger partial charge in [-0.25, -0.2) is 0 Å². The summed E-state index contributed by atoms with van der Waals surface area (Å²) in [6.07, 6.45) is 1.15. The zero-order valence-corrected chi connectivity index (χ0v) is 14.0. The maximum Gasteiger partial charge on any atom is 0.178 e. The molecule has 3 aromatic rings. The number of piperazine rings is 1. The molecule has 0 N–H and O–H groups in total. The number of rotatable bonds is 4. The van der Waals surface area contributed by atoms with Crippen LogP contribution in [-0.4, -0.2) is 57.4 Å². The third kappa shape index (κ3) is 3.07. The number of nitrogens with zero attached hydrogens (tertiary/aromatic N) is 6. The quantitative estimate of drug-likeness (QED) is 0.732. The first kappa shape index (κ1) is 14.6. The lowest BCUT2D eigenvalue weighted by Gasteiger charge is -2.35. The molecule has 120 valence electrons. The van der Waals surface area contributed by atoms with E-state index in [4.69, 9.17) is 0 Å². The van der Waals surface area contributed by atoms with E-state index in [-0.39, 0.29) is 0 Å². The zero-order valence-electron chi connectivity index (χ0n) is 13.2. The highest BCUT2D eigenvalue weighted by molar-refractivity contribution is 7.09. The highest BCUT2D eigenvalue weighted by Gasteiger charge is 2.18. The summed E-state index contributed by atoms with van der Waals surface area (Å²) in [6, 6.07) is 8.39. The fourth-order valence-electron chi connectivity index (χ4n) is 2.98. The molecule has 0 aromatic carbocycles. The van der Waals surface area contributed by atoms with Crippen molar-refractivity contribution in [3.05, 3.63) is 40.3 Å². The predicted octanol–water partition coefficient (Wildman–Crippen LogP) is 1.86. The van der Waals surface area contributed by atoms with Crippen molar-refractivity contribution < 1.29 is 0 Å². The van der Waals surface area contributed by atoms with Gasteiger partial charge in [-0.05, 0) is 36.9 Å². The van der Waals surface area contributed by atoms with E-state index in [2.05, 4.69) is 42.6 Å². The maximum atomic E-state index is 4.67. The Hall–Kier alpha value is -1.99. The Labute approximate surface area is 139 Å². The molecule has 23 heavy (non-hydrogen) atoms. The van der Waals surface area contributed by atoms with Crippen LogP contribution in [0.1, 0.15) is 10.7 Å². The van der Waals surface area contributed by atoms with E-state index < -0.39 is 0 Å². The second-order valence-corrected chi connectivity index (χ2v) is 6.90. The molecule has 0 aliphatic carbocycles. The summed E-state index contributed by atoms with van der Waals surface area (Å²) in [6.45, 7) is 7.29. The number of hydrogen-bond donors (Lipinski definition) is 0. The number of hydrogen-bond acceptors (Lipinski definition) is 6. The van der Waals surface area contributed by atoms with Crippen LogP contribution in [-0.2, 0) is 6.42 Å². The van der Waals surface area contributed by atoms with Crippen LogP contribution in [0, 0.1) is 6.92 Å². The van der Waals surface area contributed by atoms with Crippen LogP contribution in [0.3, 0.4) is 0 Å². The second kappa shape index (κ2) is 6.25. The van der Waals surface area contributed by atoms with Gasteiger partial charge in [-0.15, -0.1) is 26.6 Å². The van der Waals surface area contributed by atoms with Gasteiger partial charge in [0.15, 0.2) is 11.5 Å². The van der Waals surface area contributed by atoms with E-state index >= 15 is 0 Å². The third-order valence-corrected chi connectivity index (χ3v) is 5.29. The van der Waals surface area contributed by atoms with E-state index in [9.17, 15) is 0 Å². The molecule has 7 heteroatoms. The summed E-state index contributed by atoms with van der Waals surface area (Å²) in [5.74, 6) is 1.84.